The summed E-state index contributed by atoms with van der Waals surface area (Å²) in [5, 5.41) is 13.5. The van der Waals surface area contributed by atoms with Crippen molar-refractivity contribution in [3.05, 3.63) is 108 Å². The standard InChI is InChI=1S/C27H21FNO.C8H8O2.Ir/c1-16-12-23-22-4-2-3-5-25(22)30-27(23)24(13-16)26-21-9-7-17(14-19(21)10-11-29-26)18-6-8-20(28)15-18;1-6(9)7-4-2-3-5-8(7)10;/h2-5,7,9-12,14,18,20H,6,8,15H2,1H3;2-5,10H,1H3;/q-1;;. The quantitative estimate of drug-likeness (QED) is 0.146. The summed E-state index contributed by atoms with van der Waals surface area (Å²) in [5.41, 5.74) is 6.12. The van der Waals surface area contributed by atoms with Gasteiger partial charge in [0.05, 0.1) is 11.1 Å². The van der Waals surface area contributed by atoms with Crippen LogP contribution in [0.2, 0.25) is 0 Å². The second kappa shape index (κ2) is 11.9. The van der Waals surface area contributed by atoms with E-state index in [-0.39, 0.29) is 31.6 Å². The molecule has 0 bridgehead atoms. The number of rotatable bonds is 3. The van der Waals surface area contributed by atoms with E-state index in [2.05, 4.69) is 43.3 Å². The number of pyridine rings is 1. The van der Waals surface area contributed by atoms with Crippen molar-refractivity contribution in [1.82, 2.24) is 4.98 Å². The van der Waals surface area contributed by atoms with Crippen molar-refractivity contribution in [1.29, 1.82) is 0 Å². The van der Waals surface area contributed by atoms with E-state index in [4.69, 9.17) is 14.5 Å². The summed E-state index contributed by atoms with van der Waals surface area (Å²) in [7, 11) is 0. The molecule has 1 aliphatic carbocycles. The maximum Gasteiger partial charge on any atom is 0.163 e. The number of benzene rings is 4. The van der Waals surface area contributed by atoms with Crippen molar-refractivity contribution in [2.75, 3.05) is 0 Å². The van der Waals surface area contributed by atoms with E-state index in [0.717, 1.165) is 56.0 Å². The van der Waals surface area contributed by atoms with E-state index in [0.29, 0.717) is 24.3 Å². The Bertz CT molecular complexity index is 1880. The van der Waals surface area contributed by atoms with Gasteiger partial charge in [-0.05, 0) is 78.4 Å². The van der Waals surface area contributed by atoms with Crippen molar-refractivity contribution in [3.8, 4) is 17.0 Å². The van der Waals surface area contributed by atoms with Crippen LogP contribution in [0.15, 0.2) is 89.5 Å². The van der Waals surface area contributed by atoms with Crippen LogP contribution >= 0.6 is 0 Å². The number of carbonyl (C=O) groups excluding carboxylic acids is 1. The smallest absolute Gasteiger partial charge is 0.163 e. The van der Waals surface area contributed by atoms with Gasteiger partial charge in [0.2, 0.25) is 0 Å². The zero-order valence-corrected chi connectivity index (χ0v) is 25.2. The number of furan rings is 1. The average molecular weight is 723 g/mol. The minimum Gasteiger partial charge on any atom is -0.507 e. The van der Waals surface area contributed by atoms with Crippen LogP contribution in [-0.2, 0) is 20.1 Å². The summed E-state index contributed by atoms with van der Waals surface area (Å²) in [6.45, 7) is 3.48. The molecule has 2 heterocycles. The summed E-state index contributed by atoms with van der Waals surface area (Å²) >= 11 is 0. The van der Waals surface area contributed by atoms with E-state index in [1.165, 1.54) is 18.6 Å². The Morgan fingerprint density at radius 2 is 1.76 bits per heavy atom. The molecule has 4 aromatic carbocycles. The van der Waals surface area contributed by atoms with Crippen molar-refractivity contribution in [2.45, 2.75) is 45.2 Å². The average Bonchev–Trinajstić information content (AvgIpc) is 3.56. The zero-order valence-electron chi connectivity index (χ0n) is 22.8. The summed E-state index contributed by atoms with van der Waals surface area (Å²) in [5.74, 6) is 0.252. The van der Waals surface area contributed by atoms with Gasteiger partial charge < -0.3 is 14.5 Å². The van der Waals surface area contributed by atoms with Gasteiger partial charge in [0.25, 0.3) is 0 Å². The number of aromatic nitrogens is 1. The normalized spacial score (nSPS) is 16.4. The predicted octanol–water partition coefficient (Wildman–Crippen LogP) is 9.11. The van der Waals surface area contributed by atoms with Gasteiger partial charge in [-0.25, -0.2) is 4.39 Å². The molecule has 6 heteroatoms. The Labute approximate surface area is 251 Å². The number of ketones is 1. The molecule has 2 aromatic heterocycles. The maximum atomic E-state index is 13.7. The second-order valence-corrected chi connectivity index (χ2v) is 10.5. The van der Waals surface area contributed by atoms with E-state index >= 15 is 0 Å². The Hall–Kier alpha value is -3.86. The maximum absolute atomic E-state index is 13.7. The van der Waals surface area contributed by atoms with Gasteiger partial charge in [-0.3, -0.25) is 4.79 Å². The molecule has 1 fully saturated rings. The number of para-hydroxylation sites is 2. The van der Waals surface area contributed by atoms with Crippen molar-refractivity contribution >= 4 is 38.5 Å². The fraction of sp³-hybridized carbons (Fsp3) is 0.200. The van der Waals surface area contributed by atoms with Gasteiger partial charge in [0.1, 0.15) is 17.5 Å². The first kappa shape index (κ1) is 28.7. The molecule has 6 aromatic rings. The third kappa shape index (κ3) is 5.68. The summed E-state index contributed by atoms with van der Waals surface area (Å²) < 4.78 is 20.0. The van der Waals surface area contributed by atoms with Crippen LogP contribution in [0, 0.1) is 13.0 Å². The molecular weight excluding hydrogens is 694 g/mol. The first-order valence-electron chi connectivity index (χ1n) is 13.5. The second-order valence-electron chi connectivity index (χ2n) is 10.5. The van der Waals surface area contributed by atoms with Crippen LogP contribution in [0.25, 0.3) is 44.0 Å². The number of hydrogen-bond acceptors (Lipinski definition) is 4. The number of halogens is 1. The number of hydrogen-bond donors (Lipinski definition) is 1. The zero-order chi connectivity index (χ0) is 27.8. The van der Waals surface area contributed by atoms with Crippen LogP contribution in [0.1, 0.15) is 53.6 Å². The Balaban J connectivity index is 0.000000263. The van der Waals surface area contributed by atoms with Gasteiger partial charge in [0.15, 0.2) is 5.78 Å². The van der Waals surface area contributed by atoms with Crippen molar-refractivity contribution in [2.24, 2.45) is 0 Å². The number of carbonyl (C=O) groups is 1. The molecule has 0 amide bonds. The molecular formula is C35H29FIrNO3-. The molecule has 2 unspecified atom stereocenters. The molecule has 0 spiro atoms. The van der Waals surface area contributed by atoms with E-state index in [1.807, 2.05) is 30.5 Å². The largest absolute Gasteiger partial charge is 0.507 e. The minimum absolute atomic E-state index is 0. The molecule has 7 rings (SSSR count). The first-order valence-corrected chi connectivity index (χ1v) is 13.5. The monoisotopic (exact) mass is 723 g/mol. The van der Waals surface area contributed by atoms with Crippen LogP contribution < -0.4 is 0 Å². The molecule has 4 nitrogen and oxygen atoms in total. The fourth-order valence-electron chi connectivity index (χ4n) is 5.72. The van der Waals surface area contributed by atoms with E-state index < -0.39 is 6.17 Å². The van der Waals surface area contributed by atoms with Crippen molar-refractivity contribution < 1.29 is 38.8 Å². The third-order valence-corrected chi connectivity index (χ3v) is 7.69. The first-order chi connectivity index (χ1) is 19.4. The number of fused-ring (bicyclic) bond motifs is 4. The number of phenols is 1. The molecule has 1 aliphatic rings. The number of alkyl halides is 1. The Kier molecular flexibility index (Phi) is 8.34. The summed E-state index contributed by atoms with van der Waals surface area (Å²) in [6.07, 6.45) is 3.41. The van der Waals surface area contributed by atoms with Crippen LogP contribution in [0.4, 0.5) is 4.39 Å². The molecule has 1 N–H and O–H groups in total. The summed E-state index contributed by atoms with van der Waals surface area (Å²) in [6, 6.07) is 28.7. The van der Waals surface area contributed by atoms with Gasteiger partial charge in [0, 0.05) is 31.7 Å². The van der Waals surface area contributed by atoms with E-state index in [1.54, 1.807) is 18.2 Å². The number of nitrogens with zero attached hydrogens (tertiary/aromatic N) is 1. The Morgan fingerprint density at radius 3 is 2.49 bits per heavy atom. The number of aryl methyl sites for hydroxylation is 1. The molecule has 209 valence electrons. The predicted molar refractivity (Wildman–Crippen MR) is 158 cm³/mol. The molecule has 41 heavy (non-hydrogen) atoms. The molecule has 0 aliphatic heterocycles. The Morgan fingerprint density at radius 1 is 0.976 bits per heavy atom. The fourth-order valence-corrected chi connectivity index (χ4v) is 5.72. The molecule has 2 atom stereocenters. The summed E-state index contributed by atoms with van der Waals surface area (Å²) in [4.78, 5) is 15.4. The van der Waals surface area contributed by atoms with Gasteiger partial charge in [-0.1, -0.05) is 66.4 Å². The number of phenolic OH excluding ortho intramolecular Hbond substituents is 1. The van der Waals surface area contributed by atoms with Crippen molar-refractivity contribution in [3.63, 3.8) is 0 Å². The molecule has 0 saturated heterocycles. The van der Waals surface area contributed by atoms with Crippen LogP contribution in [-0.4, -0.2) is 22.0 Å². The SMILES string of the molecule is CC(=O)c1ccccc1O.Cc1[c-]c(-c2nccc3cc(C4CCC(F)C4)ccc23)c2oc3ccccc3c2c1.[Ir]. The minimum atomic E-state index is -0.665. The molecule has 1 saturated carbocycles. The molecule has 1 radical (unpaired) electrons. The topological polar surface area (TPSA) is 63.3 Å². The van der Waals surface area contributed by atoms with Gasteiger partial charge >= 0.3 is 0 Å². The van der Waals surface area contributed by atoms with Crippen LogP contribution in [0.5, 0.6) is 5.75 Å². The number of aromatic hydroxyl groups is 1. The number of Topliss-reactive ketones (excluding diaryl/α,β-unsaturated/α-hetero) is 1. The van der Waals surface area contributed by atoms with E-state index in [9.17, 15) is 9.18 Å². The van der Waals surface area contributed by atoms with Gasteiger partial charge in [-0.2, -0.15) is 0 Å². The van der Waals surface area contributed by atoms with Gasteiger partial charge in [-0.15, -0.1) is 17.7 Å². The third-order valence-electron chi connectivity index (χ3n) is 7.69. The van der Waals surface area contributed by atoms with Crippen LogP contribution in [0.3, 0.4) is 0 Å².